The first-order chi connectivity index (χ1) is 9.36. The molecule has 2 rings (SSSR count). The van der Waals surface area contributed by atoms with Crippen LogP contribution >= 0.6 is 11.6 Å². The number of hydrogen-bond donors (Lipinski definition) is 0. The van der Waals surface area contributed by atoms with E-state index in [1.165, 1.54) is 12.1 Å². The van der Waals surface area contributed by atoms with E-state index in [-0.39, 0.29) is 17.7 Å². The third kappa shape index (κ3) is 3.88. The second kappa shape index (κ2) is 6.04. The van der Waals surface area contributed by atoms with Gasteiger partial charge in [-0.05, 0) is 30.5 Å². The normalized spacial score (nSPS) is 17.3. The molecule has 1 fully saturated rings. The molecule has 0 bridgehead atoms. The molecule has 2 nitrogen and oxygen atoms in total. The number of carbonyl (C=O) groups is 1. The average molecular weight is 306 g/mol. The lowest BCUT2D eigenvalue weighted by molar-refractivity contribution is -0.137. The second-order valence-electron chi connectivity index (χ2n) is 4.93. The number of hydrogen-bond acceptors (Lipinski definition) is 1. The zero-order valence-corrected chi connectivity index (χ0v) is 11.5. The number of carbonyl (C=O) groups excluding carboxylic acids is 1. The minimum atomic E-state index is -4.34. The molecule has 0 spiro atoms. The number of piperidine rings is 1. The van der Waals surface area contributed by atoms with E-state index in [0.29, 0.717) is 18.7 Å². The van der Waals surface area contributed by atoms with Crippen molar-refractivity contribution in [2.45, 2.75) is 30.8 Å². The zero-order chi connectivity index (χ0) is 14.8. The number of halogens is 4. The molecule has 20 heavy (non-hydrogen) atoms. The van der Waals surface area contributed by atoms with E-state index in [2.05, 4.69) is 0 Å². The largest absolute Gasteiger partial charge is 0.416 e. The van der Waals surface area contributed by atoms with E-state index in [4.69, 9.17) is 11.6 Å². The summed E-state index contributed by atoms with van der Waals surface area (Å²) in [5.41, 5.74) is -0.104. The van der Waals surface area contributed by atoms with Crippen LogP contribution in [0.5, 0.6) is 0 Å². The van der Waals surface area contributed by atoms with Gasteiger partial charge in [0.2, 0.25) is 5.91 Å². The highest BCUT2D eigenvalue weighted by molar-refractivity contribution is 6.20. The van der Waals surface area contributed by atoms with Crippen molar-refractivity contribution in [3.8, 4) is 0 Å². The number of likely N-dealkylation sites (tertiary alicyclic amines) is 1. The number of benzene rings is 1. The topological polar surface area (TPSA) is 20.3 Å². The molecule has 0 saturated carbocycles. The van der Waals surface area contributed by atoms with Gasteiger partial charge in [0.05, 0.1) is 12.0 Å². The van der Waals surface area contributed by atoms with Gasteiger partial charge in [-0.1, -0.05) is 12.1 Å². The van der Waals surface area contributed by atoms with Crippen LogP contribution in [0.4, 0.5) is 13.2 Å². The molecule has 1 aromatic rings. The maximum absolute atomic E-state index is 12.4. The predicted octanol–water partition coefficient (Wildman–Crippen LogP) is 3.48. The summed E-state index contributed by atoms with van der Waals surface area (Å²) in [6, 6.07) is 4.73. The first-order valence-corrected chi connectivity index (χ1v) is 6.88. The molecular weight excluding hydrogens is 291 g/mol. The Labute approximate surface area is 120 Å². The van der Waals surface area contributed by atoms with Crippen molar-refractivity contribution in [1.29, 1.82) is 0 Å². The summed E-state index contributed by atoms with van der Waals surface area (Å²) in [4.78, 5) is 13.7. The molecular formula is C14H15ClF3NO. The zero-order valence-electron chi connectivity index (χ0n) is 10.8. The quantitative estimate of drug-likeness (QED) is 0.766. The molecule has 1 aliphatic heterocycles. The van der Waals surface area contributed by atoms with Gasteiger partial charge in [0.1, 0.15) is 0 Å². The van der Waals surface area contributed by atoms with E-state index < -0.39 is 11.7 Å². The molecule has 110 valence electrons. The SMILES string of the molecule is O=C(Cc1ccc(C(F)(F)F)cc1)N1CCC(Cl)CC1. The van der Waals surface area contributed by atoms with Crippen molar-refractivity contribution < 1.29 is 18.0 Å². The molecule has 1 aromatic carbocycles. The van der Waals surface area contributed by atoms with E-state index >= 15 is 0 Å². The summed E-state index contributed by atoms with van der Waals surface area (Å²) in [5, 5.41) is 0.116. The van der Waals surface area contributed by atoms with Crippen molar-refractivity contribution in [3.05, 3.63) is 35.4 Å². The molecule has 0 aliphatic carbocycles. The highest BCUT2D eigenvalue weighted by Crippen LogP contribution is 2.29. The Bertz CT molecular complexity index is 464. The summed E-state index contributed by atoms with van der Waals surface area (Å²) < 4.78 is 37.3. The Hall–Kier alpha value is -1.23. The molecule has 0 radical (unpaired) electrons. The van der Waals surface area contributed by atoms with Gasteiger partial charge in [0.25, 0.3) is 0 Å². The minimum absolute atomic E-state index is 0.0617. The fourth-order valence-corrected chi connectivity index (χ4v) is 2.39. The molecule has 0 atom stereocenters. The van der Waals surface area contributed by atoms with Crippen LogP contribution in [0.1, 0.15) is 24.0 Å². The van der Waals surface area contributed by atoms with Crippen LogP contribution in [0.15, 0.2) is 24.3 Å². The molecule has 0 aromatic heterocycles. The summed E-state index contributed by atoms with van der Waals surface area (Å²) in [6.45, 7) is 1.24. The third-order valence-electron chi connectivity index (χ3n) is 3.41. The van der Waals surface area contributed by atoms with Crippen molar-refractivity contribution in [1.82, 2.24) is 4.90 Å². The van der Waals surface area contributed by atoms with Crippen LogP contribution < -0.4 is 0 Å². The lowest BCUT2D eigenvalue weighted by Crippen LogP contribution is -2.39. The van der Waals surface area contributed by atoms with Crippen LogP contribution in [-0.4, -0.2) is 29.3 Å². The minimum Gasteiger partial charge on any atom is -0.342 e. The number of amides is 1. The summed E-state index contributed by atoms with van der Waals surface area (Å²) in [5.74, 6) is -0.0617. The molecule has 0 N–H and O–H groups in total. The Morgan fingerprint density at radius 2 is 1.75 bits per heavy atom. The molecule has 1 amide bonds. The van der Waals surface area contributed by atoms with Crippen molar-refractivity contribution in [3.63, 3.8) is 0 Å². The summed E-state index contributed by atoms with van der Waals surface area (Å²) in [7, 11) is 0. The Morgan fingerprint density at radius 1 is 1.20 bits per heavy atom. The monoisotopic (exact) mass is 305 g/mol. The molecule has 1 heterocycles. The Morgan fingerprint density at radius 3 is 2.25 bits per heavy atom. The Balaban J connectivity index is 1.94. The van der Waals surface area contributed by atoms with E-state index in [1.54, 1.807) is 4.90 Å². The number of alkyl halides is 4. The number of rotatable bonds is 2. The second-order valence-corrected chi connectivity index (χ2v) is 5.54. The van der Waals surface area contributed by atoms with E-state index in [1.807, 2.05) is 0 Å². The standard InChI is InChI=1S/C14H15ClF3NO/c15-12-5-7-19(8-6-12)13(20)9-10-1-3-11(4-2-10)14(16,17)18/h1-4,12H,5-9H2. The maximum atomic E-state index is 12.4. The van der Waals surface area contributed by atoms with Crippen LogP contribution in [0, 0.1) is 0 Å². The van der Waals surface area contributed by atoms with Gasteiger partial charge in [0, 0.05) is 18.5 Å². The maximum Gasteiger partial charge on any atom is 0.416 e. The number of nitrogens with zero attached hydrogens (tertiary/aromatic N) is 1. The lowest BCUT2D eigenvalue weighted by Gasteiger charge is -2.29. The molecule has 1 saturated heterocycles. The van der Waals surface area contributed by atoms with Gasteiger partial charge in [-0.3, -0.25) is 4.79 Å². The van der Waals surface area contributed by atoms with Crippen LogP contribution in [0.25, 0.3) is 0 Å². The average Bonchev–Trinajstić information content (AvgIpc) is 2.39. The van der Waals surface area contributed by atoms with E-state index in [9.17, 15) is 18.0 Å². The van der Waals surface area contributed by atoms with Crippen molar-refractivity contribution in [2.75, 3.05) is 13.1 Å². The smallest absolute Gasteiger partial charge is 0.342 e. The van der Waals surface area contributed by atoms with Gasteiger partial charge in [0.15, 0.2) is 0 Å². The van der Waals surface area contributed by atoms with Gasteiger partial charge < -0.3 is 4.90 Å². The van der Waals surface area contributed by atoms with Gasteiger partial charge in [-0.25, -0.2) is 0 Å². The molecule has 1 aliphatic rings. The lowest BCUT2D eigenvalue weighted by atomic mass is 10.1. The predicted molar refractivity (Wildman–Crippen MR) is 70.6 cm³/mol. The highest BCUT2D eigenvalue weighted by atomic mass is 35.5. The Kier molecular flexibility index (Phi) is 4.58. The third-order valence-corrected chi connectivity index (χ3v) is 3.85. The van der Waals surface area contributed by atoms with Gasteiger partial charge in [-0.2, -0.15) is 13.2 Å². The first kappa shape index (κ1) is 15.2. The highest BCUT2D eigenvalue weighted by Gasteiger charge is 2.30. The summed E-state index contributed by atoms with van der Waals surface area (Å²) in [6.07, 6.45) is -2.68. The van der Waals surface area contributed by atoms with Gasteiger partial charge >= 0.3 is 6.18 Å². The van der Waals surface area contributed by atoms with Gasteiger partial charge in [-0.15, -0.1) is 11.6 Å². The van der Waals surface area contributed by atoms with Crippen LogP contribution in [0.2, 0.25) is 0 Å². The fourth-order valence-electron chi connectivity index (χ4n) is 2.20. The van der Waals surface area contributed by atoms with Crippen molar-refractivity contribution in [2.24, 2.45) is 0 Å². The molecule has 0 unspecified atom stereocenters. The van der Waals surface area contributed by atoms with E-state index in [0.717, 1.165) is 25.0 Å². The van der Waals surface area contributed by atoms with Crippen LogP contribution in [-0.2, 0) is 17.4 Å². The summed E-state index contributed by atoms with van der Waals surface area (Å²) >= 11 is 5.96. The fraction of sp³-hybridized carbons (Fsp3) is 0.500. The first-order valence-electron chi connectivity index (χ1n) is 6.44. The van der Waals surface area contributed by atoms with Crippen molar-refractivity contribution >= 4 is 17.5 Å². The molecule has 6 heteroatoms. The van der Waals surface area contributed by atoms with Crippen LogP contribution in [0.3, 0.4) is 0 Å².